The molecule has 0 aromatic carbocycles. The summed E-state index contributed by atoms with van der Waals surface area (Å²) in [5.74, 6) is 0.730. The molecule has 1 rings (SSSR count). The molecule has 13 heavy (non-hydrogen) atoms. The molecule has 0 bridgehead atoms. The zero-order valence-electron chi connectivity index (χ0n) is 8.84. The van der Waals surface area contributed by atoms with E-state index in [1.165, 1.54) is 12.8 Å². The van der Waals surface area contributed by atoms with Gasteiger partial charge < -0.3 is 4.90 Å². The Labute approximate surface area is 85.6 Å². The van der Waals surface area contributed by atoms with Crippen molar-refractivity contribution in [3.05, 3.63) is 0 Å². The maximum absolute atomic E-state index is 7.52. The molecule has 0 spiro atoms. The van der Waals surface area contributed by atoms with Gasteiger partial charge in [-0.1, -0.05) is 13.8 Å². The Bertz CT molecular complexity index is 172. The monoisotopic (exact) mass is 200 g/mol. The van der Waals surface area contributed by atoms with E-state index < -0.39 is 0 Å². The van der Waals surface area contributed by atoms with Gasteiger partial charge in [0, 0.05) is 18.3 Å². The van der Waals surface area contributed by atoms with Crippen LogP contribution in [0.1, 0.15) is 33.6 Å². The predicted molar refractivity (Wildman–Crippen MR) is 60.7 cm³/mol. The van der Waals surface area contributed by atoms with Gasteiger partial charge >= 0.3 is 0 Å². The zero-order valence-corrected chi connectivity index (χ0v) is 9.66. The number of hydrogen-bond acceptors (Lipinski definition) is 2. The third-order valence-electron chi connectivity index (χ3n) is 2.38. The molecule has 76 valence electrons. The molecule has 0 amide bonds. The lowest BCUT2D eigenvalue weighted by Crippen LogP contribution is -2.37. The highest BCUT2D eigenvalue weighted by Crippen LogP contribution is 2.26. The summed E-state index contributed by atoms with van der Waals surface area (Å²) >= 11 is 2.09. The third-order valence-corrected chi connectivity index (χ3v) is 3.78. The molecule has 0 unspecified atom stereocenters. The van der Waals surface area contributed by atoms with Crippen LogP contribution < -0.4 is 0 Å². The second kappa shape index (κ2) is 4.89. The zero-order chi connectivity index (χ0) is 9.84. The van der Waals surface area contributed by atoms with Gasteiger partial charge in [0.05, 0.1) is 5.84 Å². The highest BCUT2D eigenvalue weighted by molar-refractivity contribution is 8.00. The first-order valence-corrected chi connectivity index (χ1v) is 5.99. The molecule has 1 N–H and O–H groups in total. The number of thioether (sulfide) groups is 1. The van der Waals surface area contributed by atoms with Gasteiger partial charge in [-0.3, -0.25) is 5.41 Å². The summed E-state index contributed by atoms with van der Waals surface area (Å²) < 4.78 is 0. The summed E-state index contributed by atoms with van der Waals surface area (Å²) in [4.78, 5) is 2.18. The van der Waals surface area contributed by atoms with E-state index in [-0.39, 0.29) is 0 Å². The van der Waals surface area contributed by atoms with E-state index in [0.29, 0.717) is 0 Å². The van der Waals surface area contributed by atoms with E-state index >= 15 is 0 Å². The average Bonchev–Trinajstić information content (AvgIpc) is 2.04. The van der Waals surface area contributed by atoms with Crippen molar-refractivity contribution in [1.29, 1.82) is 5.41 Å². The molecular weight excluding hydrogens is 180 g/mol. The van der Waals surface area contributed by atoms with Gasteiger partial charge in [0.25, 0.3) is 0 Å². The van der Waals surface area contributed by atoms with Crippen LogP contribution in [-0.2, 0) is 0 Å². The largest absolute Gasteiger partial charge is 0.361 e. The molecule has 0 radical (unpaired) electrons. The fourth-order valence-corrected chi connectivity index (χ4v) is 2.96. The van der Waals surface area contributed by atoms with Crippen molar-refractivity contribution in [2.45, 2.75) is 44.1 Å². The predicted octanol–water partition coefficient (Wildman–Crippen LogP) is 2.59. The van der Waals surface area contributed by atoms with E-state index in [4.69, 9.17) is 5.41 Å². The number of hydrogen-bond donors (Lipinski definition) is 1. The number of likely N-dealkylation sites (tertiary alicyclic amines) is 1. The molecule has 0 saturated carbocycles. The lowest BCUT2D eigenvalue weighted by molar-refractivity contribution is 0.345. The van der Waals surface area contributed by atoms with Crippen molar-refractivity contribution in [1.82, 2.24) is 4.90 Å². The van der Waals surface area contributed by atoms with E-state index in [9.17, 15) is 0 Å². The number of piperidine rings is 1. The summed E-state index contributed by atoms with van der Waals surface area (Å²) in [7, 11) is 0. The molecule has 0 aliphatic carbocycles. The standard InChI is InChI=1S/C10H20N2S/c1-8(2)13-10-4-6-12(7-5-10)9(3)11/h8,10-11H,4-7H2,1-3H3. The first-order chi connectivity index (χ1) is 6.09. The van der Waals surface area contributed by atoms with Crippen molar-refractivity contribution >= 4 is 17.6 Å². The highest BCUT2D eigenvalue weighted by Gasteiger charge is 2.20. The van der Waals surface area contributed by atoms with Crippen molar-refractivity contribution < 1.29 is 0 Å². The van der Waals surface area contributed by atoms with Gasteiger partial charge in [-0.2, -0.15) is 11.8 Å². The molecule has 1 fully saturated rings. The molecule has 0 aromatic rings. The number of nitrogens with zero attached hydrogens (tertiary/aromatic N) is 1. The van der Waals surface area contributed by atoms with Gasteiger partial charge in [0.1, 0.15) is 0 Å². The lowest BCUT2D eigenvalue weighted by atomic mass is 10.1. The molecular formula is C10H20N2S. The highest BCUT2D eigenvalue weighted by atomic mass is 32.2. The summed E-state index contributed by atoms with van der Waals surface area (Å²) in [6.07, 6.45) is 2.50. The smallest absolute Gasteiger partial charge is 0.0925 e. The second-order valence-corrected chi connectivity index (χ2v) is 5.84. The Kier molecular flexibility index (Phi) is 4.10. The Morgan fingerprint density at radius 2 is 1.92 bits per heavy atom. The summed E-state index contributed by atoms with van der Waals surface area (Å²) in [5, 5.41) is 9.09. The topological polar surface area (TPSA) is 27.1 Å². The minimum Gasteiger partial charge on any atom is -0.361 e. The fourth-order valence-electron chi connectivity index (χ4n) is 1.71. The normalized spacial score (nSPS) is 19.5. The van der Waals surface area contributed by atoms with Gasteiger partial charge in [0.2, 0.25) is 0 Å². The number of amidine groups is 1. The van der Waals surface area contributed by atoms with Crippen LogP contribution in [0.2, 0.25) is 0 Å². The van der Waals surface area contributed by atoms with Crippen molar-refractivity contribution in [3.63, 3.8) is 0 Å². The van der Waals surface area contributed by atoms with Crippen LogP contribution in [0.3, 0.4) is 0 Å². The second-order valence-electron chi connectivity index (χ2n) is 3.96. The Hall–Kier alpha value is -0.180. The van der Waals surface area contributed by atoms with Crippen LogP contribution in [0, 0.1) is 5.41 Å². The maximum atomic E-state index is 7.52. The van der Waals surface area contributed by atoms with E-state index in [1.54, 1.807) is 0 Å². The van der Waals surface area contributed by atoms with Crippen molar-refractivity contribution in [3.8, 4) is 0 Å². The quantitative estimate of drug-likeness (QED) is 0.548. The van der Waals surface area contributed by atoms with Gasteiger partial charge in [-0.25, -0.2) is 0 Å². The first kappa shape index (κ1) is 10.9. The van der Waals surface area contributed by atoms with Crippen LogP contribution in [-0.4, -0.2) is 34.3 Å². The third kappa shape index (κ3) is 3.59. The molecule has 0 aromatic heterocycles. The molecule has 0 atom stereocenters. The lowest BCUT2D eigenvalue weighted by Gasteiger charge is -2.33. The van der Waals surface area contributed by atoms with Crippen molar-refractivity contribution in [2.24, 2.45) is 0 Å². The molecule has 1 heterocycles. The molecule has 1 saturated heterocycles. The molecule has 1 aliphatic rings. The Morgan fingerprint density at radius 3 is 2.31 bits per heavy atom. The van der Waals surface area contributed by atoms with Crippen molar-refractivity contribution in [2.75, 3.05) is 13.1 Å². The summed E-state index contributed by atoms with van der Waals surface area (Å²) in [5.41, 5.74) is 0. The van der Waals surface area contributed by atoms with E-state index in [1.807, 2.05) is 6.92 Å². The number of rotatable bonds is 2. The maximum Gasteiger partial charge on any atom is 0.0925 e. The van der Waals surface area contributed by atoms with E-state index in [2.05, 4.69) is 30.5 Å². The summed E-state index contributed by atoms with van der Waals surface area (Å²) in [6.45, 7) is 8.58. The minimum absolute atomic E-state index is 0.730. The van der Waals surface area contributed by atoms with Crippen LogP contribution in [0.25, 0.3) is 0 Å². The Morgan fingerprint density at radius 1 is 1.38 bits per heavy atom. The average molecular weight is 200 g/mol. The molecule has 2 nitrogen and oxygen atoms in total. The van der Waals surface area contributed by atoms with Gasteiger partial charge in [-0.05, 0) is 25.0 Å². The van der Waals surface area contributed by atoms with Gasteiger partial charge in [-0.15, -0.1) is 0 Å². The fraction of sp³-hybridized carbons (Fsp3) is 0.900. The minimum atomic E-state index is 0.730. The first-order valence-electron chi connectivity index (χ1n) is 5.05. The molecule has 1 aliphatic heterocycles. The summed E-state index contributed by atoms with van der Waals surface area (Å²) in [6, 6.07) is 0. The van der Waals surface area contributed by atoms with Crippen LogP contribution >= 0.6 is 11.8 Å². The number of nitrogens with one attached hydrogen (secondary N) is 1. The van der Waals surface area contributed by atoms with Gasteiger partial charge in [0.15, 0.2) is 0 Å². The SMILES string of the molecule is CC(=N)N1CCC(SC(C)C)CC1. The van der Waals surface area contributed by atoms with Crippen LogP contribution in [0.15, 0.2) is 0 Å². The Balaban J connectivity index is 2.26. The molecule has 3 heteroatoms. The van der Waals surface area contributed by atoms with E-state index in [0.717, 1.165) is 29.4 Å². The van der Waals surface area contributed by atoms with Crippen LogP contribution in [0.4, 0.5) is 0 Å². The van der Waals surface area contributed by atoms with Crippen LogP contribution in [0.5, 0.6) is 0 Å².